The van der Waals surface area contributed by atoms with Gasteiger partial charge >= 0.3 is 0 Å². The minimum Gasteiger partial charge on any atom is -0.314 e. The highest BCUT2D eigenvalue weighted by Gasteiger charge is 2.35. The summed E-state index contributed by atoms with van der Waals surface area (Å²) < 4.78 is 0. The number of nitrogens with one attached hydrogen (secondary N) is 1. The molecule has 0 saturated heterocycles. The quantitative estimate of drug-likeness (QED) is 0.658. The molecule has 2 unspecified atom stereocenters. The third-order valence-corrected chi connectivity index (χ3v) is 3.94. The van der Waals surface area contributed by atoms with Gasteiger partial charge < -0.3 is 5.32 Å². The number of rotatable bonds is 7. The van der Waals surface area contributed by atoms with Gasteiger partial charge in [-0.1, -0.05) is 26.7 Å². The molecular formula is C13H25N. The standard InChI is InChI=1S/C13H25N/c1-3-8-14-13(9-11-4-5-11)10(2)12-6-7-12/h10-14H,3-9H2,1-2H3. The van der Waals surface area contributed by atoms with Crippen molar-refractivity contribution >= 4 is 0 Å². The third kappa shape index (κ3) is 2.98. The van der Waals surface area contributed by atoms with E-state index < -0.39 is 0 Å². The fourth-order valence-corrected chi connectivity index (χ4v) is 2.48. The molecule has 0 aromatic heterocycles. The molecule has 82 valence electrons. The van der Waals surface area contributed by atoms with Crippen molar-refractivity contribution in [1.29, 1.82) is 0 Å². The molecule has 2 rings (SSSR count). The van der Waals surface area contributed by atoms with E-state index in [9.17, 15) is 0 Å². The normalized spacial score (nSPS) is 26.1. The summed E-state index contributed by atoms with van der Waals surface area (Å²) >= 11 is 0. The molecule has 0 radical (unpaired) electrons. The lowest BCUT2D eigenvalue weighted by atomic mass is 9.92. The molecule has 1 heteroatoms. The molecule has 1 nitrogen and oxygen atoms in total. The van der Waals surface area contributed by atoms with E-state index >= 15 is 0 Å². The van der Waals surface area contributed by atoms with Gasteiger partial charge in [0.25, 0.3) is 0 Å². The monoisotopic (exact) mass is 195 g/mol. The number of hydrogen-bond acceptors (Lipinski definition) is 1. The molecule has 2 saturated carbocycles. The molecule has 0 amide bonds. The summed E-state index contributed by atoms with van der Waals surface area (Å²) in [7, 11) is 0. The van der Waals surface area contributed by atoms with Crippen LogP contribution in [0.3, 0.4) is 0 Å². The SMILES string of the molecule is CCCNC(CC1CC1)C(C)C1CC1. The molecular weight excluding hydrogens is 170 g/mol. The van der Waals surface area contributed by atoms with E-state index in [4.69, 9.17) is 0 Å². The van der Waals surface area contributed by atoms with Gasteiger partial charge in [-0.3, -0.25) is 0 Å². The molecule has 2 aliphatic carbocycles. The van der Waals surface area contributed by atoms with Crippen LogP contribution in [0.4, 0.5) is 0 Å². The predicted octanol–water partition coefficient (Wildman–Crippen LogP) is 3.20. The zero-order chi connectivity index (χ0) is 9.97. The van der Waals surface area contributed by atoms with Gasteiger partial charge in [-0.25, -0.2) is 0 Å². The molecule has 2 aliphatic rings. The first kappa shape index (κ1) is 10.5. The average molecular weight is 195 g/mol. The van der Waals surface area contributed by atoms with Gasteiger partial charge in [0.15, 0.2) is 0 Å². The summed E-state index contributed by atoms with van der Waals surface area (Å²) in [5, 5.41) is 3.76. The second-order valence-corrected chi connectivity index (χ2v) is 5.44. The Morgan fingerprint density at radius 2 is 1.93 bits per heavy atom. The van der Waals surface area contributed by atoms with Crippen LogP contribution in [0, 0.1) is 17.8 Å². The lowest BCUT2D eigenvalue weighted by Gasteiger charge is -2.25. The summed E-state index contributed by atoms with van der Waals surface area (Å²) in [6.45, 7) is 5.95. The first-order valence-corrected chi connectivity index (χ1v) is 6.54. The topological polar surface area (TPSA) is 12.0 Å². The van der Waals surface area contributed by atoms with Gasteiger partial charge in [0.05, 0.1) is 0 Å². The van der Waals surface area contributed by atoms with Crippen LogP contribution in [0.2, 0.25) is 0 Å². The Morgan fingerprint density at radius 3 is 2.43 bits per heavy atom. The van der Waals surface area contributed by atoms with Crippen LogP contribution >= 0.6 is 0 Å². The third-order valence-electron chi connectivity index (χ3n) is 3.94. The lowest BCUT2D eigenvalue weighted by molar-refractivity contribution is 0.314. The van der Waals surface area contributed by atoms with E-state index in [0.29, 0.717) is 0 Å². The summed E-state index contributed by atoms with van der Waals surface area (Å²) in [6.07, 6.45) is 8.73. The van der Waals surface area contributed by atoms with Crippen molar-refractivity contribution in [2.45, 2.75) is 58.4 Å². The maximum absolute atomic E-state index is 3.76. The van der Waals surface area contributed by atoms with Crippen LogP contribution in [0.5, 0.6) is 0 Å². The molecule has 0 spiro atoms. The minimum absolute atomic E-state index is 0.829. The Hall–Kier alpha value is -0.0400. The maximum atomic E-state index is 3.76. The van der Waals surface area contributed by atoms with Crippen molar-refractivity contribution in [1.82, 2.24) is 5.32 Å². The molecule has 0 heterocycles. The van der Waals surface area contributed by atoms with E-state index in [0.717, 1.165) is 23.8 Å². The first-order valence-electron chi connectivity index (χ1n) is 6.54. The van der Waals surface area contributed by atoms with E-state index in [1.54, 1.807) is 0 Å². The van der Waals surface area contributed by atoms with Gasteiger partial charge in [0.1, 0.15) is 0 Å². The summed E-state index contributed by atoms with van der Waals surface area (Å²) in [5.74, 6) is 3.07. The molecule has 2 atom stereocenters. The largest absolute Gasteiger partial charge is 0.314 e. The van der Waals surface area contributed by atoms with Crippen LogP contribution in [0.1, 0.15) is 52.4 Å². The van der Waals surface area contributed by atoms with Crippen molar-refractivity contribution in [3.05, 3.63) is 0 Å². The van der Waals surface area contributed by atoms with Crippen molar-refractivity contribution in [2.24, 2.45) is 17.8 Å². The van der Waals surface area contributed by atoms with E-state index in [-0.39, 0.29) is 0 Å². The zero-order valence-electron chi connectivity index (χ0n) is 9.76. The van der Waals surface area contributed by atoms with E-state index in [1.165, 1.54) is 45.1 Å². The van der Waals surface area contributed by atoms with Crippen molar-refractivity contribution in [3.8, 4) is 0 Å². The van der Waals surface area contributed by atoms with E-state index in [1.807, 2.05) is 0 Å². The highest BCUT2D eigenvalue weighted by atomic mass is 14.9. The Bertz CT molecular complexity index is 170. The van der Waals surface area contributed by atoms with Crippen LogP contribution in [0.15, 0.2) is 0 Å². The van der Waals surface area contributed by atoms with Gasteiger partial charge in [-0.2, -0.15) is 0 Å². The molecule has 0 bridgehead atoms. The van der Waals surface area contributed by atoms with Crippen molar-refractivity contribution in [3.63, 3.8) is 0 Å². The fraction of sp³-hybridized carbons (Fsp3) is 1.00. The molecule has 0 aromatic carbocycles. The number of hydrogen-bond donors (Lipinski definition) is 1. The smallest absolute Gasteiger partial charge is 0.00979 e. The van der Waals surface area contributed by atoms with Crippen LogP contribution in [0.25, 0.3) is 0 Å². The second kappa shape index (κ2) is 4.65. The Labute approximate surface area is 88.7 Å². The summed E-state index contributed by atoms with van der Waals surface area (Å²) in [4.78, 5) is 0. The van der Waals surface area contributed by atoms with Crippen molar-refractivity contribution in [2.75, 3.05) is 6.54 Å². The van der Waals surface area contributed by atoms with Gasteiger partial charge in [0, 0.05) is 6.04 Å². The Balaban J connectivity index is 1.76. The van der Waals surface area contributed by atoms with Crippen LogP contribution < -0.4 is 5.32 Å². The van der Waals surface area contributed by atoms with Crippen LogP contribution in [-0.4, -0.2) is 12.6 Å². The Kier molecular flexibility index (Phi) is 3.48. The van der Waals surface area contributed by atoms with Gasteiger partial charge in [0.2, 0.25) is 0 Å². The highest BCUT2D eigenvalue weighted by Crippen LogP contribution is 2.42. The zero-order valence-corrected chi connectivity index (χ0v) is 9.76. The maximum Gasteiger partial charge on any atom is 0.00979 e. The molecule has 0 aliphatic heterocycles. The van der Waals surface area contributed by atoms with E-state index in [2.05, 4.69) is 19.2 Å². The summed E-state index contributed by atoms with van der Waals surface area (Å²) in [6, 6.07) is 0.829. The van der Waals surface area contributed by atoms with Crippen molar-refractivity contribution < 1.29 is 0 Å². The second-order valence-electron chi connectivity index (χ2n) is 5.44. The van der Waals surface area contributed by atoms with Gasteiger partial charge in [-0.15, -0.1) is 0 Å². The minimum atomic E-state index is 0.829. The first-order chi connectivity index (χ1) is 6.81. The molecule has 1 N–H and O–H groups in total. The fourth-order valence-electron chi connectivity index (χ4n) is 2.48. The van der Waals surface area contributed by atoms with Gasteiger partial charge in [-0.05, 0) is 50.0 Å². The predicted molar refractivity (Wildman–Crippen MR) is 61.3 cm³/mol. The molecule has 2 fully saturated rings. The highest BCUT2D eigenvalue weighted by molar-refractivity contribution is 4.89. The molecule has 0 aromatic rings. The lowest BCUT2D eigenvalue weighted by Crippen LogP contribution is -2.36. The average Bonchev–Trinajstić information content (AvgIpc) is 3.03. The van der Waals surface area contributed by atoms with Crippen LogP contribution in [-0.2, 0) is 0 Å². The summed E-state index contributed by atoms with van der Waals surface area (Å²) in [5.41, 5.74) is 0. The Morgan fingerprint density at radius 1 is 1.21 bits per heavy atom. The molecule has 14 heavy (non-hydrogen) atoms.